The first kappa shape index (κ1) is 19.0. The summed E-state index contributed by atoms with van der Waals surface area (Å²) in [6.07, 6.45) is 0. The van der Waals surface area contributed by atoms with Crippen LogP contribution in [0.3, 0.4) is 0 Å². The topological polar surface area (TPSA) is 106 Å². The van der Waals surface area contributed by atoms with Crippen LogP contribution in [0.1, 0.15) is 18.8 Å². The number of aromatic nitrogens is 4. The highest BCUT2D eigenvalue weighted by Gasteiger charge is 2.15. The van der Waals surface area contributed by atoms with Crippen LogP contribution in [0.25, 0.3) is 22.5 Å². The van der Waals surface area contributed by atoms with Gasteiger partial charge in [0.2, 0.25) is 11.8 Å². The highest BCUT2D eigenvalue weighted by atomic mass is 32.2. The van der Waals surface area contributed by atoms with Gasteiger partial charge < -0.3 is 19.5 Å². The highest BCUT2D eigenvalue weighted by Crippen LogP contribution is 2.25. The molecule has 0 radical (unpaired) electrons. The maximum atomic E-state index is 12.3. The Kier molecular flexibility index (Phi) is 5.48. The van der Waals surface area contributed by atoms with E-state index in [2.05, 4.69) is 25.5 Å². The number of carbonyl (C=O) groups is 1. The molecule has 2 heterocycles. The number of methoxy groups -OCH3 is 1. The zero-order valence-corrected chi connectivity index (χ0v) is 16.7. The van der Waals surface area contributed by atoms with Gasteiger partial charge in [0.05, 0.1) is 29.9 Å². The van der Waals surface area contributed by atoms with Gasteiger partial charge in [0.25, 0.3) is 5.22 Å². The fourth-order valence-corrected chi connectivity index (χ4v) is 3.35. The lowest BCUT2D eigenvalue weighted by Gasteiger charge is -2.10. The van der Waals surface area contributed by atoms with Crippen LogP contribution in [0.15, 0.2) is 58.2 Å². The Balaban J connectivity index is 1.32. The molecule has 0 saturated heterocycles. The van der Waals surface area contributed by atoms with Gasteiger partial charge in [-0.1, -0.05) is 23.9 Å². The van der Waals surface area contributed by atoms with Crippen molar-refractivity contribution in [2.24, 2.45) is 0 Å². The van der Waals surface area contributed by atoms with Crippen molar-refractivity contribution in [1.29, 1.82) is 0 Å². The molecule has 0 aliphatic rings. The quantitative estimate of drug-likeness (QED) is 0.449. The molecule has 0 spiro atoms. The summed E-state index contributed by atoms with van der Waals surface area (Å²) < 4.78 is 10.8. The molecule has 0 fully saturated rings. The van der Waals surface area contributed by atoms with Gasteiger partial charge >= 0.3 is 0 Å². The Bertz CT molecular complexity index is 1090. The molecule has 2 N–H and O–H groups in total. The van der Waals surface area contributed by atoms with Gasteiger partial charge in [-0.15, -0.1) is 10.2 Å². The second kappa shape index (κ2) is 8.36. The molecular weight excluding hydrogens is 390 g/mol. The van der Waals surface area contributed by atoms with Crippen LogP contribution in [0.4, 0.5) is 0 Å². The van der Waals surface area contributed by atoms with E-state index in [1.54, 1.807) is 7.11 Å². The number of amides is 1. The molecule has 0 aliphatic carbocycles. The second-order valence-corrected chi connectivity index (χ2v) is 7.25. The van der Waals surface area contributed by atoms with Gasteiger partial charge in [-0.05, 0) is 43.3 Å². The minimum atomic E-state index is -0.243. The molecule has 0 aliphatic heterocycles. The van der Waals surface area contributed by atoms with Crippen molar-refractivity contribution in [3.63, 3.8) is 0 Å². The van der Waals surface area contributed by atoms with E-state index in [0.29, 0.717) is 16.9 Å². The average molecular weight is 409 g/mol. The van der Waals surface area contributed by atoms with Crippen molar-refractivity contribution < 1.29 is 13.9 Å². The van der Waals surface area contributed by atoms with Crippen LogP contribution in [0.2, 0.25) is 0 Å². The molecule has 9 heteroatoms. The van der Waals surface area contributed by atoms with Crippen LogP contribution in [-0.2, 0) is 4.79 Å². The Hall–Kier alpha value is -3.33. The number of para-hydroxylation sites is 2. The SMILES string of the molecule is COc1ccc(-c2nnc(SCC(=O)NC(C)c3nc4ccccc4[nH]3)o2)cc1. The maximum Gasteiger partial charge on any atom is 0.277 e. The summed E-state index contributed by atoms with van der Waals surface area (Å²) in [6.45, 7) is 1.88. The zero-order valence-electron chi connectivity index (χ0n) is 15.9. The summed E-state index contributed by atoms with van der Waals surface area (Å²) >= 11 is 1.19. The van der Waals surface area contributed by atoms with E-state index >= 15 is 0 Å². The number of nitrogens with one attached hydrogen (secondary N) is 2. The fourth-order valence-electron chi connectivity index (χ4n) is 2.77. The molecule has 2 aromatic heterocycles. The van der Waals surface area contributed by atoms with E-state index in [1.165, 1.54) is 11.8 Å². The van der Waals surface area contributed by atoms with Crippen LogP contribution in [-0.4, -0.2) is 38.9 Å². The van der Waals surface area contributed by atoms with E-state index in [-0.39, 0.29) is 17.7 Å². The third-order valence-corrected chi connectivity index (χ3v) is 5.08. The monoisotopic (exact) mass is 409 g/mol. The van der Waals surface area contributed by atoms with Crippen LogP contribution in [0.5, 0.6) is 5.75 Å². The van der Waals surface area contributed by atoms with E-state index in [0.717, 1.165) is 22.3 Å². The summed E-state index contributed by atoms with van der Waals surface area (Å²) in [6, 6.07) is 14.8. The molecule has 1 unspecified atom stereocenters. The third kappa shape index (κ3) is 4.40. The number of hydrogen-bond acceptors (Lipinski definition) is 7. The van der Waals surface area contributed by atoms with Crippen molar-refractivity contribution in [1.82, 2.24) is 25.5 Å². The number of fused-ring (bicyclic) bond motifs is 1. The average Bonchev–Trinajstić information content (AvgIpc) is 3.39. The van der Waals surface area contributed by atoms with E-state index in [9.17, 15) is 4.79 Å². The maximum absolute atomic E-state index is 12.3. The van der Waals surface area contributed by atoms with Crippen LogP contribution in [0, 0.1) is 0 Å². The Labute approximate surface area is 171 Å². The lowest BCUT2D eigenvalue weighted by molar-refractivity contribution is -0.119. The lowest BCUT2D eigenvalue weighted by Crippen LogP contribution is -2.28. The van der Waals surface area contributed by atoms with Gasteiger partial charge in [-0.25, -0.2) is 4.98 Å². The first-order chi connectivity index (χ1) is 14.1. The Morgan fingerprint density at radius 1 is 1.21 bits per heavy atom. The van der Waals surface area contributed by atoms with Crippen molar-refractivity contribution >= 4 is 28.7 Å². The van der Waals surface area contributed by atoms with Crippen molar-refractivity contribution in [3.8, 4) is 17.2 Å². The van der Waals surface area contributed by atoms with Gasteiger partial charge in [0.1, 0.15) is 11.6 Å². The minimum absolute atomic E-state index is 0.146. The number of nitrogens with zero attached hydrogens (tertiary/aromatic N) is 3. The molecule has 29 heavy (non-hydrogen) atoms. The number of carbonyl (C=O) groups excluding carboxylic acids is 1. The smallest absolute Gasteiger partial charge is 0.277 e. The Morgan fingerprint density at radius 3 is 2.76 bits per heavy atom. The lowest BCUT2D eigenvalue weighted by atomic mass is 10.2. The molecule has 8 nitrogen and oxygen atoms in total. The van der Waals surface area contributed by atoms with Crippen molar-refractivity contribution in [3.05, 3.63) is 54.4 Å². The predicted octanol–water partition coefficient (Wildman–Crippen LogP) is 3.59. The van der Waals surface area contributed by atoms with Crippen molar-refractivity contribution in [2.45, 2.75) is 18.2 Å². The molecular formula is C20H19N5O3S. The number of thioether (sulfide) groups is 1. The number of benzene rings is 2. The molecule has 148 valence electrons. The molecule has 4 rings (SSSR count). The predicted molar refractivity (Wildman–Crippen MR) is 110 cm³/mol. The first-order valence-electron chi connectivity index (χ1n) is 8.97. The number of hydrogen-bond donors (Lipinski definition) is 2. The summed E-state index contributed by atoms with van der Waals surface area (Å²) in [7, 11) is 1.61. The largest absolute Gasteiger partial charge is 0.497 e. The summed E-state index contributed by atoms with van der Waals surface area (Å²) in [5.74, 6) is 1.87. The third-order valence-electron chi connectivity index (χ3n) is 4.27. The number of rotatable bonds is 7. The molecule has 0 bridgehead atoms. The van der Waals surface area contributed by atoms with E-state index in [1.807, 2.05) is 55.5 Å². The van der Waals surface area contributed by atoms with Crippen LogP contribution >= 0.6 is 11.8 Å². The number of imidazole rings is 1. The standard InChI is InChI=1S/C20H19N5O3S/c1-12(18-22-15-5-3-4-6-16(15)23-18)21-17(26)11-29-20-25-24-19(28-20)13-7-9-14(27-2)10-8-13/h3-10,12H,11H2,1-2H3,(H,21,26)(H,22,23). The van der Waals surface area contributed by atoms with Gasteiger partial charge in [0, 0.05) is 5.56 Å². The Morgan fingerprint density at radius 2 is 2.00 bits per heavy atom. The van der Waals surface area contributed by atoms with Crippen molar-refractivity contribution in [2.75, 3.05) is 12.9 Å². The van der Waals surface area contributed by atoms with E-state index < -0.39 is 0 Å². The number of H-pyrrole nitrogens is 1. The number of aromatic amines is 1. The molecule has 1 atom stereocenters. The fraction of sp³-hybridized carbons (Fsp3) is 0.200. The molecule has 1 amide bonds. The first-order valence-corrected chi connectivity index (χ1v) is 9.95. The van der Waals surface area contributed by atoms with Gasteiger partial charge in [0.15, 0.2) is 0 Å². The highest BCUT2D eigenvalue weighted by molar-refractivity contribution is 7.99. The summed E-state index contributed by atoms with van der Waals surface area (Å²) in [5.41, 5.74) is 2.60. The summed E-state index contributed by atoms with van der Waals surface area (Å²) in [4.78, 5) is 20.0. The second-order valence-electron chi connectivity index (χ2n) is 6.32. The van der Waals surface area contributed by atoms with Gasteiger partial charge in [-0.2, -0.15) is 0 Å². The normalized spacial score (nSPS) is 12.1. The van der Waals surface area contributed by atoms with E-state index in [4.69, 9.17) is 9.15 Å². The van der Waals surface area contributed by atoms with Crippen LogP contribution < -0.4 is 10.1 Å². The minimum Gasteiger partial charge on any atom is -0.497 e. The molecule has 4 aromatic rings. The zero-order chi connectivity index (χ0) is 20.2. The summed E-state index contributed by atoms with van der Waals surface area (Å²) in [5, 5.41) is 11.3. The number of ether oxygens (including phenoxy) is 1. The van der Waals surface area contributed by atoms with Gasteiger partial charge in [-0.3, -0.25) is 4.79 Å². The molecule has 0 saturated carbocycles. The molecule has 2 aromatic carbocycles.